The Kier molecular flexibility index (Phi) is 1.37. The van der Waals surface area contributed by atoms with Crippen LogP contribution in [0.4, 0.5) is 0 Å². The summed E-state index contributed by atoms with van der Waals surface area (Å²) in [5.41, 5.74) is 0. The van der Waals surface area contributed by atoms with Crippen LogP contribution in [0.3, 0.4) is 0 Å². The van der Waals surface area contributed by atoms with Gasteiger partial charge in [-0.3, -0.25) is 0 Å². The molecule has 1 rings (SSSR count). The molecular formula is C4H9NS. The normalized spacial score (nSPS) is 29.7. The van der Waals surface area contributed by atoms with Gasteiger partial charge in [-0.25, -0.2) is 0 Å². The molecule has 36 valence electrons. The van der Waals surface area contributed by atoms with Gasteiger partial charge in [0.1, 0.15) is 1.41 Å². The highest BCUT2D eigenvalue weighted by Crippen LogP contribution is 1.99. The third kappa shape index (κ3) is 1.19. The molecule has 0 unspecified atom stereocenters. The van der Waals surface area contributed by atoms with Crippen molar-refractivity contribution in [1.82, 2.24) is 5.31 Å². The molecule has 1 saturated heterocycles. The molecule has 1 aliphatic heterocycles. The summed E-state index contributed by atoms with van der Waals surface area (Å²) in [6.45, 7) is 1.90. The Morgan fingerprint density at radius 3 is 2.50 bits per heavy atom. The zero-order valence-electron chi connectivity index (χ0n) is 4.68. The second-order valence-corrected chi connectivity index (χ2v) is 2.51. The van der Waals surface area contributed by atoms with Crippen LogP contribution in [0.15, 0.2) is 0 Å². The molecule has 0 aliphatic carbocycles. The second-order valence-electron chi connectivity index (χ2n) is 1.28. The first-order chi connectivity index (χ1) is 3.39. The molecule has 0 bridgehead atoms. The van der Waals surface area contributed by atoms with Gasteiger partial charge in [-0.2, -0.15) is 11.8 Å². The summed E-state index contributed by atoms with van der Waals surface area (Å²) >= 11 is 1.94. The Labute approximate surface area is 44.0 Å². The lowest BCUT2D eigenvalue weighted by Crippen LogP contribution is -2.24. The molecule has 0 aromatic rings. The number of rotatable bonds is 0. The van der Waals surface area contributed by atoms with Crippen molar-refractivity contribution in [3.05, 3.63) is 0 Å². The minimum Gasteiger partial charge on any atom is -0.315 e. The molecule has 2 heteroatoms. The Hall–Kier alpha value is 0.310. The molecule has 6 heavy (non-hydrogen) atoms. The monoisotopic (exact) mass is 104 g/mol. The summed E-state index contributed by atoms with van der Waals surface area (Å²) < 4.78 is 7.09. The zero-order valence-corrected chi connectivity index (χ0v) is 4.50. The first kappa shape index (κ1) is 3.33. The Morgan fingerprint density at radius 2 is 2.17 bits per heavy atom. The lowest BCUT2D eigenvalue weighted by Gasteiger charge is -2.08. The van der Waals surface area contributed by atoms with Gasteiger partial charge >= 0.3 is 0 Å². The quantitative estimate of drug-likeness (QED) is 0.475. The van der Waals surface area contributed by atoms with Crippen LogP contribution in [0, 0.1) is 0 Å². The average Bonchev–Trinajstić information content (AvgIpc) is 1.69. The Bertz CT molecular complexity index is 53.7. The van der Waals surface area contributed by atoms with E-state index in [4.69, 9.17) is 1.41 Å². The SMILES string of the molecule is [2H]N1CCSCC1. The minimum atomic E-state index is 0.949. The van der Waals surface area contributed by atoms with Gasteiger partial charge in [-0.05, 0) is 0 Å². The van der Waals surface area contributed by atoms with E-state index in [0.29, 0.717) is 0 Å². The summed E-state index contributed by atoms with van der Waals surface area (Å²) in [5, 5.41) is 1.62. The van der Waals surface area contributed by atoms with Gasteiger partial charge in [-0.15, -0.1) is 0 Å². The number of hydrogen-bond donors (Lipinski definition) is 1. The van der Waals surface area contributed by atoms with Crippen molar-refractivity contribution in [2.75, 3.05) is 24.6 Å². The molecule has 1 N–H and O–H groups in total. The van der Waals surface area contributed by atoms with Crippen molar-refractivity contribution in [3.63, 3.8) is 0 Å². The maximum absolute atomic E-state index is 7.09. The fourth-order valence-electron chi connectivity index (χ4n) is 0.472. The summed E-state index contributed by atoms with van der Waals surface area (Å²) in [7, 11) is 0. The Balaban J connectivity index is 2.12. The second kappa shape index (κ2) is 2.48. The third-order valence-electron chi connectivity index (χ3n) is 0.787. The molecule has 0 aromatic carbocycles. The van der Waals surface area contributed by atoms with Crippen LogP contribution in [0.2, 0.25) is 1.41 Å². The van der Waals surface area contributed by atoms with E-state index in [9.17, 15) is 0 Å². The zero-order chi connectivity index (χ0) is 5.11. The summed E-state index contributed by atoms with van der Waals surface area (Å²) in [6.07, 6.45) is 0. The van der Waals surface area contributed by atoms with E-state index in [-0.39, 0.29) is 0 Å². The molecule has 1 heterocycles. The number of hydrogen-bond acceptors (Lipinski definition) is 2. The molecule has 0 saturated carbocycles. The van der Waals surface area contributed by atoms with Gasteiger partial charge in [0.25, 0.3) is 0 Å². The van der Waals surface area contributed by atoms with Gasteiger partial charge in [0, 0.05) is 24.6 Å². The maximum Gasteiger partial charge on any atom is 0.122 e. The predicted octanol–water partition coefficient (Wildman–Crippen LogP) is 0.323. The highest BCUT2D eigenvalue weighted by atomic mass is 32.2. The van der Waals surface area contributed by atoms with Gasteiger partial charge in [0.05, 0.1) is 0 Å². The fraction of sp³-hybridized carbons (Fsp3) is 1.00. The first-order valence-electron chi connectivity index (χ1n) is 2.66. The lowest BCUT2D eigenvalue weighted by atomic mass is 10.6. The van der Waals surface area contributed by atoms with Gasteiger partial charge < -0.3 is 5.31 Å². The van der Waals surface area contributed by atoms with Crippen molar-refractivity contribution < 1.29 is 1.41 Å². The van der Waals surface area contributed by atoms with E-state index in [1.54, 1.807) is 5.31 Å². The molecule has 0 atom stereocenters. The topological polar surface area (TPSA) is 12.0 Å². The fourth-order valence-corrected chi connectivity index (χ4v) is 1.19. The third-order valence-corrected chi connectivity index (χ3v) is 1.73. The van der Waals surface area contributed by atoms with E-state index >= 15 is 0 Å². The van der Waals surface area contributed by atoms with Gasteiger partial charge in [-0.1, -0.05) is 0 Å². The smallest absolute Gasteiger partial charge is 0.122 e. The van der Waals surface area contributed by atoms with Crippen molar-refractivity contribution in [1.29, 1.82) is 0 Å². The molecule has 0 aromatic heterocycles. The Morgan fingerprint density at radius 1 is 1.50 bits per heavy atom. The highest BCUT2D eigenvalue weighted by molar-refractivity contribution is 7.99. The van der Waals surface area contributed by atoms with E-state index in [1.807, 2.05) is 11.8 Å². The largest absolute Gasteiger partial charge is 0.315 e. The lowest BCUT2D eigenvalue weighted by molar-refractivity contribution is 0.756. The highest BCUT2D eigenvalue weighted by Gasteiger charge is 1.93. The van der Waals surface area contributed by atoms with Gasteiger partial charge in [0.2, 0.25) is 0 Å². The predicted molar refractivity (Wildman–Crippen MR) is 30.2 cm³/mol. The molecule has 0 radical (unpaired) electrons. The summed E-state index contributed by atoms with van der Waals surface area (Å²) in [5.74, 6) is 2.28. The molecule has 1 nitrogen and oxygen atoms in total. The van der Waals surface area contributed by atoms with Crippen molar-refractivity contribution in [3.8, 4) is 0 Å². The standard InChI is InChI=1S/C4H9NS/c1-3-6-4-2-5-1/h5H,1-4H2/i/hD. The molecule has 1 fully saturated rings. The number of thioether (sulfide) groups is 1. The van der Waals surface area contributed by atoms with Crippen molar-refractivity contribution >= 4 is 11.8 Å². The molecular weight excluding hydrogens is 94.1 g/mol. The van der Waals surface area contributed by atoms with E-state index in [2.05, 4.69) is 0 Å². The molecule has 1 aliphatic rings. The van der Waals surface area contributed by atoms with Gasteiger partial charge in [0.15, 0.2) is 0 Å². The maximum atomic E-state index is 7.09. The van der Waals surface area contributed by atoms with Crippen LogP contribution < -0.4 is 5.31 Å². The minimum absolute atomic E-state index is 0.949. The van der Waals surface area contributed by atoms with Crippen LogP contribution in [0.25, 0.3) is 0 Å². The summed E-state index contributed by atoms with van der Waals surface area (Å²) in [4.78, 5) is 0. The van der Waals surface area contributed by atoms with Crippen LogP contribution in [0.5, 0.6) is 0 Å². The van der Waals surface area contributed by atoms with Crippen LogP contribution >= 0.6 is 11.8 Å². The molecule has 0 amide bonds. The first-order valence-corrected chi connectivity index (χ1v) is 3.36. The summed E-state index contributed by atoms with van der Waals surface area (Å²) in [6, 6.07) is 0. The van der Waals surface area contributed by atoms with E-state index in [1.165, 1.54) is 0 Å². The van der Waals surface area contributed by atoms with Crippen LogP contribution in [0.1, 0.15) is 0 Å². The van der Waals surface area contributed by atoms with E-state index in [0.717, 1.165) is 24.6 Å². The van der Waals surface area contributed by atoms with Crippen LogP contribution in [-0.2, 0) is 0 Å². The van der Waals surface area contributed by atoms with Crippen molar-refractivity contribution in [2.24, 2.45) is 0 Å². The number of nitrogens with one attached hydrogen (secondary N) is 1. The van der Waals surface area contributed by atoms with Crippen LogP contribution in [-0.4, -0.2) is 24.6 Å². The van der Waals surface area contributed by atoms with Crippen molar-refractivity contribution in [2.45, 2.75) is 0 Å². The molecule has 0 spiro atoms. The van der Waals surface area contributed by atoms with E-state index < -0.39 is 0 Å². The average molecular weight is 104 g/mol.